The lowest BCUT2D eigenvalue weighted by Crippen LogP contribution is -2.51. The van der Waals surface area contributed by atoms with Gasteiger partial charge >= 0.3 is 5.97 Å². The number of hydrogen-bond acceptors (Lipinski definition) is 7. The number of carbonyl (C=O) groups is 3. The molecule has 0 N–H and O–H groups in total. The van der Waals surface area contributed by atoms with Crippen molar-refractivity contribution >= 4 is 35.0 Å². The molecule has 2 aromatic rings. The molecule has 8 heteroatoms. The largest absolute Gasteiger partial charge is 0.493 e. The van der Waals surface area contributed by atoms with E-state index in [4.69, 9.17) is 14.2 Å². The van der Waals surface area contributed by atoms with Gasteiger partial charge in [0.15, 0.2) is 11.5 Å². The van der Waals surface area contributed by atoms with Gasteiger partial charge in [0.05, 0.1) is 24.0 Å². The van der Waals surface area contributed by atoms with Crippen molar-refractivity contribution in [3.05, 3.63) is 58.5 Å². The average Bonchev–Trinajstić information content (AvgIpc) is 3.16. The molecule has 2 aromatic carbocycles. The minimum absolute atomic E-state index is 0.137. The second-order valence-electron chi connectivity index (χ2n) is 11.5. The molecule has 0 spiro atoms. The molecule has 1 heterocycles. The molecule has 1 aliphatic heterocycles. The number of imide groups is 1. The predicted molar refractivity (Wildman–Crippen MR) is 149 cm³/mol. The first-order chi connectivity index (χ1) is 18.8. The average molecular weight is 548 g/mol. The smallest absolute Gasteiger partial charge is 0.317 e. The van der Waals surface area contributed by atoms with Crippen LogP contribution in [0.1, 0.15) is 49.7 Å². The number of amides is 2. The van der Waals surface area contributed by atoms with E-state index in [-0.39, 0.29) is 35.7 Å². The van der Waals surface area contributed by atoms with E-state index >= 15 is 0 Å². The summed E-state index contributed by atoms with van der Waals surface area (Å²) in [6.07, 6.45) is 8.25. The van der Waals surface area contributed by atoms with Gasteiger partial charge in [-0.3, -0.25) is 19.3 Å². The standard InChI is InChI=1S/C31H33NO6S/c1-19-4-3-5-24(10-19)37-9-8-32-28(33)27(39-30(32)35)15-20-6-7-25(26(14-20)36-2)38-29(34)31-16-21-11-22(17-31)13-23(12-21)18-31/h3-7,10,14-15,21-23H,8-9,11-13,16-18H2,1-2H3/b27-15-. The van der Waals surface area contributed by atoms with Crippen molar-refractivity contribution in [2.75, 3.05) is 20.3 Å². The molecule has 4 saturated carbocycles. The molecule has 1 saturated heterocycles. The Hall–Kier alpha value is -3.26. The highest BCUT2D eigenvalue weighted by molar-refractivity contribution is 8.18. The summed E-state index contributed by atoms with van der Waals surface area (Å²) in [5, 5.41) is -0.327. The molecular weight excluding hydrogens is 514 g/mol. The van der Waals surface area contributed by atoms with Crippen LogP contribution >= 0.6 is 11.8 Å². The Labute approximate surface area is 232 Å². The van der Waals surface area contributed by atoms with Crippen LogP contribution in [-0.2, 0) is 9.59 Å². The van der Waals surface area contributed by atoms with Crippen LogP contribution < -0.4 is 14.2 Å². The van der Waals surface area contributed by atoms with E-state index in [1.54, 1.807) is 24.3 Å². The molecule has 204 valence electrons. The van der Waals surface area contributed by atoms with Gasteiger partial charge in [-0.2, -0.15) is 0 Å². The van der Waals surface area contributed by atoms with Gasteiger partial charge < -0.3 is 14.2 Å². The number of hydrogen-bond donors (Lipinski definition) is 0. The Balaban J connectivity index is 1.11. The van der Waals surface area contributed by atoms with Gasteiger partial charge in [-0.25, -0.2) is 0 Å². The van der Waals surface area contributed by atoms with Crippen molar-refractivity contribution in [1.82, 2.24) is 4.90 Å². The van der Waals surface area contributed by atoms with Crippen LogP contribution in [0.15, 0.2) is 47.4 Å². The molecule has 4 bridgehead atoms. The lowest BCUT2D eigenvalue weighted by molar-refractivity contribution is -0.161. The SMILES string of the molecule is COc1cc(/C=C2\SC(=O)N(CCOc3cccc(C)c3)C2=O)ccc1OC(=O)C12CC3CC(CC(C3)C1)C2. The summed E-state index contributed by atoms with van der Waals surface area (Å²) in [4.78, 5) is 40.4. The molecule has 0 unspecified atom stereocenters. The molecular formula is C31H33NO6S. The summed E-state index contributed by atoms with van der Waals surface area (Å²) in [5.41, 5.74) is 1.40. The zero-order valence-corrected chi connectivity index (χ0v) is 23.1. The summed E-state index contributed by atoms with van der Waals surface area (Å²) in [5.74, 6) is 2.97. The van der Waals surface area contributed by atoms with E-state index in [1.165, 1.54) is 31.3 Å². The Kier molecular flexibility index (Phi) is 6.91. The van der Waals surface area contributed by atoms with Crippen molar-refractivity contribution in [1.29, 1.82) is 0 Å². The second-order valence-corrected chi connectivity index (χ2v) is 12.5. The summed E-state index contributed by atoms with van der Waals surface area (Å²) in [7, 11) is 1.53. The van der Waals surface area contributed by atoms with E-state index in [0.717, 1.165) is 36.6 Å². The van der Waals surface area contributed by atoms with E-state index in [9.17, 15) is 14.4 Å². The maximum Gasteiger partial charge on any atom is 0.317 e. The van der Waals surface area contributed by atoms with Crippen LogP contribution in [0.5, 0.6) is 17.2 Å². The van der Waals surface area contributed by atoms with Gasteiger partial charge in [0.25, 0.3) is 11.1 Å². The number of ether oxygens (including phenoxy) is 3. The normalized spacial score (nSPS) is 28.3. The number of benzene rings is 2. The Morgan fingerprint density at radius 2 is 1.74 bits per heavy atom. The minimum Gasteiger partial charge on any atom is -0.493 e. The highest BCUT2D eigenvalue weighted by Gasteiger charge is 2.55. The minimum atomic E-state index is -0.361. The first kappa shape index (κ1) is 26.0. The van der Waals surface area contributed by atoms with Crippen LogP contribution in [0.25, 0.3) is 6.08 Å². The fourth-order valence-electron chi connectivity index (χ4n) is 7.23. The van der Waals surface area contributed by atoms with Gasteiger partial charge in [0.1, 0.15) is 12.4 Å². The van der Waals surface area contributed by atoms with Crippen molar-refractivity contribution in [3.8, 4) is 17.2 Å². The monoisotopic (exact) mass is 547 g/mol. The molecule has 0 radical (unpaired) electrons. The van der Waals surface area contributed by atoms with Gasteiger partial charge in [-0.05, 0) is 116 Å². The number of thioether (sulfide) groups is 1. The Morgan fingerprint density at radius 1 is 1.03 bits per heavy atom. The summed E-state index contributed by atoms with van der Waals surface area (Å²) < 4.78 is 17.2. The third-order valence-electron chi connectivity index (χ3n) is 8.61. The lowest BCUT2D eigenvalue weighted by atomic mass is 9.49. The van der Waals surface area contributed by atoms with Crippen molar-refractivity contribution in [3.63, 3.8) is 0 Å². The van der Waals surface area contributed by atoms with Crippen molar-refractivity contribution in [2.45, 2.75) is 45.4 Å². The number of nitrogens with zero attached hydrogens (tertiary/aromatic N) is 1. The molecule has 5 aliphatic rings. The summed E-state index contributed by atoms with van der Waals surface area (Å²) in [6.45, 7) is 2.35. The van der Waals surface area contributed by atoms with Crippen molar-refractivity contribution in [2.24, 2.45) is 23.2 Å². The first-order valence-electron chi connectivity index (χ1n) is 13.7. The summed E-state index contributed by atoms with van der Waals surface area (Å²) >= 11 is 0.903. The fourth-order valence-corrected chi connectivity index (χ4v) is 8.10. The van der Waals surface area contributed by atoms with Gasteiger partial charge in [0.2, 0.25) is 0 Å². The summed E-state index contributed by atoms with van der Waals surface area (Å²) in [6, 6.07) is 12.9. The van der Waals surface area contributed by atoms with E-state index in [0.29, 0.717) is 45.5 Å². The zero-order valence-electron chi connectivity index (χ0n) is 22.3. The topological polar surface area (TPSA) is 82.1 Å². The van der Waals surface area contributed by atoms with Crippen LogP contribution in [-0.4, -0.2) is 42.3 Å². The molecule has 7 rings (SSSR count). The number of rotatable bonds is 8. The van der Waals surface area contributed by atoms with Gasteiger partial charge in [-0.1, -0.05) is 18.2 Å². The van der Waals surface area contributed by atoms with Crippen LogP contribution in [0.4, 0.5) is 4.79 Å². The van der Waals surface area contributed by atoms with Gasteiger partial charge in [0, 0.05) is 0 Å². The highest BCUT2D eigenvalue weighted by Crippen LogP contribution is 2.60. The van der Waals surface area contributed by atoms with Gasteiger partial charge in [-0.15, -0.1) is 0 Å². The lowest BCUT2D eigenvalue weighted by Gasteiger charge is -2.55. The molecule has 39 heavy (non-hydrogen) atoms. The number of esters is 1. The quantitative estimate of drug-likeness (QED) is 0.220. The molecule has 2 amide bonds. The maximum atomic E-state index is 13.4. The predicted octanol–water partition coefficient (Wildman–Crippen LogP) is 6.24. The molecule has 7 nitrogen and oxygen atoms in total. The Bertz CT molecular complexity index is 1320. The molecule has 0 aromatic heterocycles. The molecule has 4 aliphatic carbocycles. The third kappa shape index (κ3) is 5.19. The van der Waals surface area contributed by atoms with E-state index in [1.807, 2.05) is 31.2 Å². The van der Waals surface area contributed by atoms with E-state index in [2.05, 4.69) is 0 Å². The first-order valence-corrected chi connectivity index (χ1v) is 14.5. The zero-order chi connectivity index (χ0) is 27.1. The highest BCUT2D eigenvalue weighted by atomic mass is 32.2. The molecule has 0 atom stereocenters. The molecule has 5 fully saturated rings. The van der Waals surface area contributed by atoms with Crippen LogP contribution in [0, 0.1) is 30.1 Å². The van der Waals surface area contributed by atoms with Crippen LogP contribution in [0.3, 0.4) is 0 Å². The number of carbonyl (C=O) groups excluding carboxylic acids is 3. The van der Waals surface area contributed by atoms with E-state index < -0.39 is 0 Å². The number of methoxy groups -OCH3 is 1. The Morgan fingerprint density at radius 3 is 2.41 bits per heavy atom. The van der Waals surface area contributed by atoms with Crippen molar-refractivity contribution < 1.29 is 28.6 Å². The third-order valence-corrected chi connectivity index (χ3v) is 9.51. The number of aryl methyl sites for hydroxylation is 1. The fraction of sp³-hybridized carbons (Fsp3) is 0.452. The second kappa shape index (κ2) is 10.4. The van der Waals surface area contributed by atoms with Crippen LogP contribution in [0.2, 0.25) is 0 Å². The maximum absolute atomic E-state index is 13.4.